The summed E-state index contributed by atoms with van der Waals surface area (Å²) < 4.78 is 32.7. The number of allylic oxidation sites excluding steroid dienone is 6. The van der Waals surface area contributed by atoms with E-state index < -0.39 is 30.9 Å². The van der Waals surface area contributed by atoms with Gasteiger partial charge in [0.05, 0.1) is 25.4 Å². The Kier molecular flexibility index (Phi) is 22.5. The van der Waals surface area contributed by atoms with Crippen molar-refractivity contribution in [2.75, 3.05) is 7.11 Å². The van der Waals surface area contributed by atoms with Crippen LogP contribution in [-0.4, -0.2) is 68.4 Å². The van der Waals surface area contributed by atoms with E-state index in [1.807, 2.05) is 26.0 Å². The average Bonchev–Trinajstić information content (AvgIpc) is 3.07. The molecule has 0 unspecified atom stereocenters. The molecule has 1 rings (SSSR count). The molecule has 1 aliphatic heterocycles. The molecule has 0 spiro atoms. The maximum absolute atomic E-state index is 13.2. The zero-order chi connectivity index (χ0) is 43.8. The van der Waals surface area contributed by atoms with Crippen LogP contribution >= 0.6 is 0 Å². The molecule has 0 amide bonds. The SMILES string of the molecule is COC(=O)/C=C/C(C)=C/[C@@H](C)[C@H]1C/C(C)=C/C=C/CC[C@@H](O[Si](C)(C)C)[C@H](O[Si](C(C)C)(C(C)C)C(C)C)/C=C/[C@H](O[Si](C)(C)C(C)(C)C)CCC/C=C/C(=O)O1. The lowest BCUT2D eigenvalue weighted by molar-refractivity contribution is -0.144. The van der Waals surface area contributed by atoms with E-state index >= 15 is 0 Å². The molecule has 0 saturated heterocycles. The van der Waals surface area contributed by atoms with Gasteiger partial charge in [0.15, 0.2) is 16.6 Å². The summed E-state index contributed by atoms with van der Waals surface area (Å²) in [5, 5.41) is 0.0558. The fraction of sp³-hybridized carbons (Fsp3) is 0.702. The second-order valence-electron chi connectivity index (χ2n) is 19.6. The first-order chi connectivity index (χ1) is 26.2. The molecule has 0 bridgehead atoms. The van der Waals surface area contributed by atoms with Gasteiger partial charge < -0.3 is 22.8 Å². The van der Waals surface area contributed by atoms with Gasteiger partial charge in [-0.05, 0) is 100 Å². The lowest BCUT2D eigenvalue weighted by atomic mass is 9.95. The Labute approximate surface area is 353 Å². The molecule has 0 aromatic carbocycles. The molecule has 0 aromatic heterocycles. The van der Waals surface area contributed by atoms with Crippen molar-refractivity contribution < 1.29 is 32.3 Å². The van der Waals surface area contributed by atoms with Gasteiger partial charge in [0, 0.05) is 24.5 Å². The lowest BCUT2D eigenvalue weighted by Gasteiger charge is -2.46. The summed E-state index contributed by atoms with van der Waals surface area (Å²) >= 11 is 0. The molecular weight excluding hydrogens is 761 g/mol. The van der Waals surface area contributed by atoms with Crippen molar-refractivity contribution >= 4 is 36.9 Å². The highest BCUT2D eigenvalue weighted by Crippen LogP contribution is 2.44. The molecule has 1 aliphatic rings. The van der Waals surface area contributed by atoms with Gasteiger partial charge in [-0.2, -0.15) is 0 Å². The summed E-state index contributed by atoms with van der Waals surface area (Å²) in [5.74, 6) is -0.854. The van der Waals surface area contributed by atoms with E-state index in [9.17, 15) is 9.59 Å². The molecule has 5 atom stereocenters. The van der Waals surface area contributed by atoms with Gasteiger partial charge in [-0.3, -0.25) is 0 Å². The summed E-state index contributed by atoms with van der Waals surface area (Å²) in [6.45, 7) is 38.5. The molecular formula is C47H84O7Si3. The minimum absolute atomic E-state index is 0.0558. The molecule has 0 radical (unpaired) electrons. The van der Waals surface area contributed by atoms with E-state index in [1.165, 1.54) is 13.2 Å². The first-order valence-electron chi connectivity index (χ1n) is 21.6. The molecule has 7 nitrogen and oxygen atoms in total. The number of carbonyl (C=O) groups excluding carboxylic acids is 2. The van der Waals surface area contributed by atoms with Crippen molar-refractivity contribution in [3.05, 3.63) is 71.9 Å². The van der Waals surface area contributed by atoms with Crippen molar-refractivity contribution in [3.63, 3.8) is 0 Å². The van der Waals surface area contributed by atoms with Crippen molar-refractivity contribution in [2.45, 2.75) is 200 Å². The van der Waals surface area contributed by atoms with Crippen LogP contribution in [0.3, 0.4) is 0 Å². The second-order valence-corrected chi connectivity index (χ2v) is 34.3. The molecule has 0 N–H and O–H groups in total. The lowest BCUT2D eigenvalue weighted by Crippen LogP contribution is -2.53. The smallest absolute Gasteiger partial charge is 0.330 e. The molecule has 10 heteroatoms. The maximum atomic E-state index is 13.2. The highest BCUT2D eigenvalue weighted by molar-refractivity contribution is 6.77. The summed E-state index contributed by atoms with van der Waals surface area (Å²) in [5.41, 5.74) is 3.31. The predicted octanol–water partition coefficient (Wildman–Crippen LogP) is 13.4. The number of hydrogen-bond acceptors (Lipinski definition) is 7. The normalized spacial score (nSPS) is 25.5. The summed E-state index contributed by atoms with van der Waals surface area (Å²) in [7, 11) is -5.02. The monoisotopic (exact) mass is 845 g/mol. The summed E-state index contributed by atoms with van der Waals surface area (Å²) in [6, 6.07) is 0. The van der Waals surface area contributed by atoms with Gasteiger partial charge in [0.2, 0.25) is 8.32 Å². The van der Waals surface area contributed by atoms with E-state index in [1.54, 1.807) is 12.2 Å². The number of carbonyl (C=O) groups is 2. The molecule has 0 aliphatic carbocycles. The number of methoxy groups -OCH3 is 1. The van der Waals surface area contributed by atoms with E-state index in [4.69, 9.17) is 22.8 Å². The second kappa shape index (κ2) is 24.2. The van der Waals surface area contributed by atoms with Crippen LogP contribution in [-0.2, 0) is 32.3 Å². The van der Waals surface area contributed by atoms with Gasteiger partial charge in [0.1, 0.15) is 6.10 Å². The van der Waals surface area contributed by atoms with Gasteiger partial charge in [-0.25, -0.2) is 9.59 Å². The minimum atomic E-state index is -2.29. The molecule has 0 fully saturated rings. The van der Waals surface area contributed by atoms with Crippen molar-refractivity contribution in [1.29, 1.82) is 0 Å². The third-order valence-electron chi connectivity index (χ3n) is 11.5. The van der Waals surface area contributed by atoms with Crippen LogP contribution in [0.4, 0.5) is 0 Å². The van der Waals surface area contributed by atoms with Gasteiger partial charge in [0.25, 0.3) is 0 Å². The number of hydrogen-bond donors (Lipinski definition) is 0. The van der Waals surface area contributed by atoms with Crippen LogP contribution in [0.1, 0.15) is 122 Å². The Morgan fingerprint density at radius 3 is 2.02 bits per heavy atom. The molecule has 57 heavy (non-hydrogen) atoms. The van der Waals surface area contributed by atoms with Gasteiger partial charge in [-0.15, -0.1) is 0 Å². The van der Waals surface area contributed by atoms with Gasteiger partial charge >= 0.3 is 11.9 Å². The summed E-state index contributed by atoms with van der Waals surface area (Å²) in [4.78, 5) is 24.9. The largest absolute Gasteiger partial charge is 0.466 e. The zero-order valence-electron chi connectivity index (χ0n) is 39.5. The van der Waals surface area contributed by atoms with E-state index in [-0.39, 0.29) is 41.3 Å². The summed E-state index contributed by atoms with van der Waals surface area (Å²) in [6.07, 6.45) is 23.6. The van der Waals surface area contributed by atoms with Gasteiger partial charge in [-0.1, -0.05) is 129 Å². The van der Waals surface area contributed by atoms with Crippen molar-refractivity contribution in [3.8, 4) is 0 Å². The maximum Gasteiger partial charge on any atom is 0.330 e. The number of ether oxygens (including phenoxy) is 2. The van der Waals surface area contributed by atoms with Crippen molar-refractivity contribution in [2.24, 2.45) is 5.92 Å². The Hall–Kier alpha value is -2.09. The Bertz CT molecular complexity index is 1400. The van der Waals surface area contributed by atoms with E-state index in [2.05, 4.69) is 132 Å². The molecule has 1 heterocycles. The molecule has 0 saturated carbocycles. The van der Waals surface area contributed by atoms with Crippen LogP contribution in [0.5, 0.6) is 0 Å². The highest BCUT2D eigenvalue weighted by Gasteiger charge is 2.48. The number of cyclic esters (lactones) is 1. The van der Waals surface area contributed by atoms with E-state index in [0.29, 0.717) is 23.0 Å². The Balaban J connectivity index is 3.82. The molecule has 0 aromatic rings. The first kappa shape index (κ1) is 52.9. The minimum Gasteiger partial charge on any atom is -0.466 e. The standard InChI is InChI=1S/C47H84O7Si3/c1-35(2)57(36(3)4,37(5)6)54-43-31-30-41(52-56(17,18)47(10,11)12)26-22-20-24-28-46(49)51-44(40(9)33-39(8)29-32-45(48)50-13)34-38(7)25-21-19-23-27-42(43)53-55(14,15)16/h19,21,24-25,28-33,35-37,40-44H,20,22-23,26-27,34H2,1-18H3/b21-19+,28-24+,31-30+,32-29+,38-25+,39-33+/t40-,41-,42-,43-,44-/m1/s1. The zero-order valence-corrected chi connectivity index (χ0v) is 42.5. The Morgan fingerprint density at radius 1 is 0.860 bits per heavy atom. The fourth-order valence-electron chi connectivity index (χ4n) is 7.57. The first-order valence-corrected chi connectivity index (χ1v) is 30.1. The van der Waals surface area contributed by atoms with Crippen LogP contribution < -0.4 is 0 Å². The van der Waals surface area contributed by atoms with Crippen LogP contribution in [0.15, 0.2) is 71.9 Å². The quantitative estimate of drug-likeness (QED) is 0.0600. The fourth-order valence-corrected chi connectivity index (χ4v) is 15.6. The number of esters is 2. The van der Waals surface area contributed by atoms with E-state index in [0.717, 1.165) is 43.3 Å². The molecule has 326 valence electrons. The third-order valence-corrected chi connectivity index (χ3v) is 23.1. The average molecular weight is 845 g/mol. The van der Waals surface area contributed by atoms with Crippen molar-refractivity contribution in [1.82, 2.24) is 0 Å². The Morgan fingerprint density at radius 2 is 1.47 bits per heavy atom. The van der Waals surface area contributed by atoms with Crippen LogP contribution in [0.2, 0.25) is 54.4 Å². The topological polar surface area (TPSA) is 80.3 Å². The van der Waals surface area contributed by atoms with Crippen LogP contribution in [0.25, 0.3) is 0 Å². The third kappa shape index (κ3) is 18.8. The number of rotatable bonds is 13. The highest BCUT2D eigenvalue weighted by atomic mass is 28.4. The predicted molar refractivity (Wildman–Crippen MR) is 249 cm³/mol. The van der Waals surface area contributed by atoms with Crippen LogP contribution in [0, 0.1) is 5.92 Å².